The molecule has 0 atom stereocenters. The molecule has 2 N–H and O–H groups in total. The van der Waals surface area contributed by atoms with Gasteiger partial charge in [0.25, 0.3) is 10.0 Å². The summed E-state index contributed by atoms with van der Waals surface area (Å²) in [6.07, 6.45) is 1.44. The molecule has 29 heavy (non-hydrogen) atoms. The van der Waals surface area contributed by atoms with Gasteiger partial charge in [0.05, 0.1) is 10.6 Å². The summed E-state index contributed by atoms with van der Waals surface area (Å²) in [7, 11) is -7.61. The zero-order valence-electron chi connectivity index (χ0n) is 15.2. The number of anilines is 2. The topological polar surface area (TPSA) is 118 Å². The predicted molar refractivity (Wildman–Crippen MR) is 112 cm³/mol. The Morgan fingerprint density at radius 3 is 2.34 bits per heavy atom. The highest BCUT2D eigenvalue weighted by Crippen LogP contribution is 2.19. The summed E-state index contributed by atoms with van der Waals surface area (Å²) in [5.41, 5.74) is 1.38. The minimum Gasteiger partial charge on any atom is -0.283 e. The Hall–Kier alpha value is -2.69. The molecule has 2 aromatic carbocycles. The maximum Gasteiger partial charge on any atom is 0.264 e. The third kappa shape index (κ3) is 5.89. The maximum atomic E-state index is 12.4. The van der Waals surface area contributed by atoms with Crippen LogP contribution in [-0.2, 0) is 25.8 Å². The molecular formula is C18H17ClN4O4S2. The Morgan fingerprint density at radius 2 is 1.69 bits per heavy atom. The number of benzene rings is 2. The molecule has 3 aromatic rings. The minimum atomic E-state index is -3.91. The first-order chi connectivity index (χ1) is 13.6. The first-order valence-electron chi connectivity index (χ1n) is 8.30. The van der Waals surface area contributed by atoms with Crippen LogP contribution in [0.3, 0.4) is 0 Å². The Balaban J connectivity index is 1.72. The van der Waals surface area contributed by atoms with E-state index in [1.54, 1.807) is 37.3 Å². The molecule has 1 aromatic heterocycles. The summed E-state index contributed by atoms with van der Waals surface area (Å²) in [5, 5.41) is 0.442. The van der Waals surface area contributed by atoms with Crippen LogP contribution in [0.4, 0.5) is 11.6 Å². The van der Waals surface area contributed by atoms with Gasteiger partial charge in [-0.25, -0.2) is 31.5 Å². The monoisotopic (exact) mass is 452 g/mol. The van der Waals surface area contributed by atoms with Crippen LogP contribution in [-0.4, -0.2) is 26.8 Å². The number of hydrogen-bond acceptors (Lipinski definition) is 6. The fraction of sp³-hybridized carbons (Fsp3) is 0.111. The van der Waals surface area contributed by atoms with Crippen molar-refractivity contribution in [3.8, 4) is 0 Å². The number of aromatic nitrogens is 2. The Morgan fingerprint density at radius 1 is 0.966 bits per heavy atom. The zero-order chi connectivity index (χ0) is 21.1. The summed E-state index contributed by atoms with van der Waals surface area (Å²) in [4.78, 5) is 7.80. The molecule has 1 heterocycles. The molecule has 0 aliphatic heterocycles. The van der Waals surface area contributed by atoms with Gasteiger partial charge in [0, 0.05) is 22.6 Å². The van der Waals surface area contributed by atoms with E-state index in [0.29, 0.717) is 16.3 Å². The van der Waals surface area contributed by atoms with E-state index in [9.17, 15) is 16.8 Å². The zero-order valence-corrected chi connectivity index (χ0v) is 17.6. The van der Waals surface area contributed by atoms with Crippen LogP contribution in [0.5, 0.6) is 0 Å². The quantitative estimate of drug-likeness (QED) is 0.568. The van der Waals surface area contributed by atoms with E-state index in [0.717, 1.165) is 0 Å². The smallest absolute Gasteiger partial charge is 0.264 e. The van der Waals surface area contributed by atoms with Crippen LogP contribution in [0, 0.1) is 6.92 Å². The van der Waals surface area contributed by atoms with Gasteiger partial charge in [-0.3, -0.25) is 4.72 Å². The molecule has 0 radical (unpaired) electrons. The molecule has 0 unspecified atom stereocenters. The van der Waals surface area contributed by atoms with Crippen LogP contribution < -0.4 is 9.44 Å². The van der Waals surface area contributed by atoms with E-state index in [1.807, 2.05) is 0 Å². The molecular weight excluding hydrogens is 436 g/mol. The number of aryl methyl sites for hydroxylation is 1. The highest BCUT2D eigenvalue weighted by atomic mass is 35.5. The first kappa shape index (κ1) is 21.0. The third-order valence-electron chi connectivity index (χ3n) is 3.70. The van der Waals surface area contributed by atoms with Gasteiger partial charge >= 0.3 is 0 Å². The van der Waals surface area contributed by atoms with Crippen molar-refractivity contribution in [2.75, 3.05) is 9.44 Å². The molecule has 0 fully saturated rings. The fourth-order valence-corrected chi connectivity index (χ4v) is 4.79. The van der Waals surface area contributed by atoms with Gasteiger partial charge < -0.3 is 0 Å². The molecule has 0 spiro atoms. The second-order valence-electron chi connectivity index (χ2n) is 6.14. The average molecular weight is 453 g/mol. The molecule has 0 amide bonds. The van der Waals surface area contributed by atoms with E-state index in [4.69, 9.17) is 11.6 Å². The van der Waals surface area contributed by atoms with Gasteiger partial charge in [0.15, 0.2) is 0 Å². The molecule has 0 aliphatic rings. The lowest BCUT2D eigenvalue weighted by Crippen LogP contribution is -2.16. The van der Waals surface area contributed by atoms with Crippen LogP contribution >= 0.6 is 11.6 Å². The highest BCUT2D eigenvalue weighted by Gasteiger charge is 2.17. The lowest BCUT2D eigenvalue weighted by Gasteiger charge is -2.10. The number of rotatable bonds is 7. The van der Waals surface area contributed by atoms with Crippen molar-refractivity contribution in [1.82, 2.24) is 9.97 Å². The van der Waals surface area contributed by atoms with Gasteiger partial charge in [0.2, 0.25) is 16.0 Å². The van der Waals surface area contributed by atoms with Gasteiger partial charge in [-0.15, -0.1) is 0 Å². The SMILES string of the molecule is Cc1ccnc(NS(=O)(=O)c2ccc(NS(=O)(=O)Cc3cccc(Cl)c3)cc2)n1. The largest absolute Gasteiger partial charge is 0.283 e. The lowest BCUT2D eigenvalue weighted by molar-refractivity contribution is 0.599. The maximum absolute atomic E-state index is 12.4. The predicted octanol–water partition coefficient (Wildman–Crippen LogP) is 3.18. The molecule has 0 bridgehead atoms. The van der Waals surface area contributed by atoms with E-state index >= 15 is 0 Å². The summed E-state index contributed by atoms with van der Waals surface area (Å²) in [6.45, 7) is 1.71. The standard InChI is InChI=1S/C18H17ClN4O4S2/c1-13-9-10-20-18(21-13)23-29(26,27)17-7-5-16(6-8-17)22-28(24,25)12-14-3-2-4-15(19)11-14/h2-11,22H,12H2,1H3,(H,20,21,23). The van der Waals surface area contributed by atoms with E-state index < -0.39 is 20.0 Å². The number of sulfonamides is 2. The van der Waals surface area contributed by atoms with Crippen LogP contribution in [0.15, 0.2) is 65.7 Å². The number of nitrogens with one attached hydrogen (secondary N) is 2. The molecule has 0 saturated carbocycles. The van der Waals surface area contributed by atoms with Crippen molar-refractivity contribution >= 4 is 43.3 Å². The highest BCUT2D eigenvalue weighted by molar-refractivity contribution is 7.92. The molecule has 11 heteroatoms. The molecule has 8 nitrogen and oxygen atoms in total. The van der Waals surface area contributed by atoms with E-state index in [-0.39, 0.29) is 22.3 Å². The van der Waals surface area contributed by atoms with Crippen molar-refractivity contribution in [2.24, 2.45) is 0 Å². The van der Waals surface area contributed by atoms with Crippen molar-refractivity contribution in [1.29, 1.82) is 0 Å². The minimum absolute atomic E-state index is 0.0451. The van der Waals surface area contributed by atoms with Crippen molar-refractivity contribution in [2.45, 2.75) is 17.6 Å². The number of nitrogens with zero attached hydrogens (tertiary/aromatic N) is 2. The van der Waals surface area contributed by atoms with Crippen molar-refractivity contribution in [3.05, 3.63) is 77.1 Å². The number of hydrogen-bond donors (Lipinski definition) is 2. The van der Waals surface area contributed by atoms with Gasteiger partial charge in [-0.05, 0) is 55.0 Å². The van der Waals surface area contributed by atoms with Crippen LogP contribution in [0.2, 0.25) is 5.02 Å². The van der Waals surface area contributed by atoms with Crippen LogP contribution in [0.25, 0.3) is 0 Å². The fourth-order valence-electron chi connectivity index (χ4n) is 2.44. The second-order valence-corrected chi connectivity index (χ2v) is 9.98. The average Bonchev–Trinajstić information content (AvgIpc) is 2.61. The summed E-state index contributed by atoms with van der Waals surface area (Å²) >= 11 is 5.87. The second kappa shape index (κ2) is 8.36. The Bertz CT molecular complexity index is 1230. The molecule has 152 valence electrons. The molecule has 0 aliphatic carbocycles. The Labute approximate surface area is 174 Å². The van der Waals surface area contributed by atoms with Gasteiger partial charge in [-0.1, -0.05) is 23.7 Å². The first-order valence-corrected chi connectivity index (χ1v) is 11.8. The molecule has 3 rings (SSSR count). The van der Waals surface area contributed by atoms with E-state index in [1.165, 1.54) is 30.5 Å². The van der Waals surface area contributed by atoms with Crippen molar-refractivity contribution < 1.29 is 16.8 Å². The lowest BCUT2D eigenvalue weighted by atomic mass is 10.2. The normalized spacial score (nSPS) is 11.8. The van der Waals surface area contributed by atoms with Crippen LogP contribution in [0.1, 0.15) is 11.3 Å². The third-order valence-corrected chi connectivity index (χ3v) is 6.54. The Kier molecular flexibility index (Phi) is 6.06. The summed E-state index contributed by atoms with van der Waals surface area (Å²) < 4.78 is 54.2. The van der Waals surface area contributed by atoms with Gasteiger partial charge in [0.1, 0.15) is 0 Å². The van der Waals surface area contributed by atoms with E-state index in [2.05, 4.69) is 19.4 Å². The summed E-state index contributed by atoms with van der Waals surface area (Å²) in [6, 6.07) is 13.5. The molecule has 0 saturated heterocycles. The number of halogens is 1. The van der Waals surface area contributed by atoms with Gasteiger partial charge in [-0.2, -0.15) is 0 Å². The van der Waals surface area contributed by atoms with Crippen molar-refractivity contribution in [3.63, 3.8) is 0 Å². The summed E-state index contributed by atoms with van der Waals surface area (Å²) in [5.74, 6) is -0.309.